The molecule has 0 heterocycles. The van der Waals surface area contributed by atoms with Gasteiger partial charge in [0.1, 0.15) is 26.1 Å². The first-order chi connectivity index (χ1) is 24.8. The summed E-state index contributed by atoms with van der Waals surface area (Å²) < 4.78 is 82.2. The maximum atomic E-state index is 11.7. The van der Waals surface area contributed by atoms with E-state index in [2.05, 4.69) is 0 Å². The lowest BCUT2D eigenvalue weighted by Gasteiger charge is -2.18. The highest BCUT2D eigenvalue weighted by atomic mass is 16.6. The van der Waals surface area contributed by atoms with Crippen LogP contribution in [0.3, 0.4) is 0 Å². The summed E-state index contributed by atoms with van der Waals surface area (Å²) >= 11 is 0. The number of hydrogen-bond donors (Lipinski definition) is 0. The molecule has 1 aromatic rings. The Morgan fingerprint density at radius 1 is 0.360 bits per heavy atom. The normalized spacial score (nSPS) is 11.3. The van der Waals surface area contributed by atoms with Gasteiger partial charge in [-0.15, -0.1) is 0 Å². The quantitative estimate of drug-likeness (QED) is 0.0712. The van der Waals surface area contributed by atoms with Crippen molar-refractivity contribution in [3.63, 3.8) is 0 Å². The molecule has 1 aromatic carbocycles. The first-order valence-electron chi connectivity index (χ1n) is 16.9. The molecule has 0 saturated heterocycles. The Balaban J connectivity index is 2.51. The van der Waals surface area contributed by atoms with Crippen molar-refractivity contribution >= 4 is 6.29 Å². The first kappa shape index (κ1) is 45.8. The zero-order valence-corrected chi connectivity index (χ0v) is 30.2. The van der Waals surface area contributed by atoms with Crippen molar-refractivity contribution in [1.82, 2.24) is 0 Å². The summed E-state index contributed by atoms with van der Waals surface area (Å²) in [6.07, 6.45) is 0.717. The summed E-state index contributed by atoms with van der Waals surface area (Å²) in [5, 5.41) is 0. The summed E-state index contributed by atoms with van der Waals surface area (Å²) in [6.45, 7) is 10.1. The van der Waals surface area contributed by atoms with Crippen LogP contribution < -0.4 is 14.2 Å². The van der Waals surface area contributed by atoms with Gasteiger partial charge in [0, 0.05) is 26.9 Å². The van der Waals surface area contributed by atoms with Crippen LogP contribution in [0.1, 0.15) is 10.4 Å². The maximum absolute atomic E-state index is 11.7. The molecule has 0 aromatic heterocycles. The lowest BCUT2D eigenvalue weighted by atomic mass is 10.2. The average Bonchev–Trinajstić information content (AvgIpc) is 3.13. The molecule has 0 unspecified atom stereocenters. The van der Waals surface area contributed by atoms with Crippen molar-refractivity contribution in [3.8, 4) is 17.2 Å². The van der Waals surface area contributed by atoms with Gasteiger partial charge in [-0.2, -0.15) is 0 Å². The van der Waals surface area contributed by atoms with E-state index < -0.39 is 0 Å². The van der Waals surface area contributed by atoms with Crippen molar-refractivity contribution in [2.24, 2.45) is 0 Å². The van der Waals surface area contributed by atoms with Gasteiger partial charge in [0.25, 0.3) is 0 Å². The lowest BCUT2D eigenvalue weighted by Crippen LogP contribution is -2.16. The van der Waals surface area contributed by atoms with Gasteiger partial charge in [0.15, 0.2) is 11.5 Å². The van der Waals surface area contributed by atoms with E-state index in [0.717, 1.165) is 6.29 Å². The molecule has 0 aliphatic carbocycles. The van der Waals surface area contributed by atoms with Gasteiger partial charge in [0.05, 0.1) is 139 Å². The molecule has 292 valence electrons. The van der Waals surface area contributed by atoms with E-state index in [1.165, 1.54) is 0 Å². The van der Waals surface area contributed by atoms with Gasteiger partial charge < -0.3 is 71.1 Å². The highest BCUT2D eigenvalue weighted by Crippen LogP contribution is 2.38. The zero-order valence-electron chi connectivity index (χ0n) is 30.2. The molecule has 0 aliphatic heterocycles. The van der Waals surface area contributed by atoms with Gasteiger partial charge >= 0.3 is 0 Å². The third kappa shape index (κ3) is 27.5. The largest absolute Gasteiger partial charge is 0.487 e. The van der Waals surface area contributed by atoms with Crippen LogP contribution in [0.2, 0.25) is 0 Å². The second-order valence-corrected chi connectivity index (χ2v) is 10.00. The third-order valence-electron chi connectivity index (χ3n) is 6.15. The molecule has 16 nitrogen and oxygen atoms in total. The Kier molecular flexibility index (Phi) is 33.5. The van der Waals surface area contributed by atoms with Crippen molar-refractivity contribution in [2.75, 3.05) is 180 Å². The molecule has 0 atom stereocenters. The summed E-state index contributed by atoms with van der Waals surface area (Å²) in [5.74, 6) is 1.03. The second-order valence-electron chi connectivity index (χ2n) is 10.00. The molecule has 1 rings (SSSR count). The first-order valence-corrected chi connectivity index (χ1v) is 16.9. The number of benzene rings is 1. The van der Waals surface area contributed by atoms with Gasteiger partial charge in [-0.25, -0.2) is 0 Å². The van der Waals surface area contributed by atoms with Gasteiger partial charge in [0.2, 0.25) is 5.75 Å². The molecule has 0 aliphatic rings. The molecule has 0 spiro atoms. The highest BCUT2D eigenvalue weighted by Gasteiger charge is 2.16. The molecule has 0 saturated carbocycles. The number of carbonyl (C=O) groups excluding carboxylic acids is 1. The van der Waals surface area contributed by atoms with Gasteiger partial charge in [-0.05, 0) is 12.1 Å². The smallest absolute Gasteiger partial charge is 0.203 e. The molecular weight excluding hydrogens is 664 g/mol. The summed E-state index contributed by atoms with van der Waals surface area (Å²) in [4.78, 5) is 11.7. The Bertz CT molecular complexity index is 829. The molecule has 0 amide bonds. The minimum Gasteiger partial charge on any atom is -0.487 e. The standard InChI is InChI=1S/C34H60O16/c1-36-4-7-39-10-13-42-16-19-45-22-25-48-32-28-31(30-35)29-33(49-26-23-46-20-17-43-14-11-40-8-5-37-2)34(32)50-27-24-47-21-18-44-15-12-41-9-6-38-3/h28-30H,4-27H2,1-3H3. The Hall–Kier alpha value is -2.19. The number of hydrogen-bond acceptors (Lipinski definition) is 16. The van der Waals surface area contributed by atoms with Crippen molar-refractivity contribution in [1.29, 1.82) is 0 Å². The van der Waals surface area contributed by atoms with E-state index in [4.69, 9.17) is 71.1 Å². The van der Waals surface area contributed by atoms with Crippen LogP contribution in [0.4, 0.5) is 0 Å². The average molecular weight is 725 g/mol. The molecule has 16 heteroatoms. The lowest BCUT2D eigenvalue weighted by molar-refractivity contribution is -0.00160. The zero-order chi connectivity index (χ0) is 36.0. The highest BCUT2D eigenvalue weighted by molar-refractivity contribution is 5.78. The van der Waals surface area contributed by atoms with Crippen molar-refractivity contribution in [3.05, 3.63) is 17.7 Å². The van der Waals surface area contributed by atoms with E-state index in [0.29, 0.717) is 162 Å². The topological polar surface area (TPSA) is 156 Å². The number of rotatable bonds is 40. The Morgan fingerprint density at radius 3 is 0.860 bits per heavy atom. The third-order valence-corrected chi connectivity index (χ3v) is 6.15. The van der Waals surface area contributed by atoms with E-state index in [-0.39, 0.29) is 19.8 Å². The minimum absolute atomic E-state index is 0.208. The molecule has 50 heavy (non-hydrogen) atoms. The van der Waals surface area contributed by atoms with E-state index in [9.17, 15) is 4.79 Å². The molecule has 0 radical (unpaired) electrons. The summed E-state index contributed by atoms with van der Waals surface area (Å²) in [5.41, 5.74) is 0.367. The van der Waals surface area contributed by atoms with Crippen LogP contribution in [-0.2, 0) is 56.8 Å². The fourth-order valence-electron chi connectivity index (χ4n) is 3.70. The van der Waals surface area contributed by atoms with Crippen molar-refractivity contribution < 1.29 is 75.8 Å². The monoisotopic (exact) mass is 724 g/mol. The van der Waals surface area contributed by atoms with Crippen LogP contribution in [0.15, 0.2) is 12.1 Å². The van der Waals surface area contributed by atoms with Crippen LogP contribution >= 0.6 is 0 Å². The Morgan fingerprint density at radius 2 is 0.600 bits per heavy atom. The van der Waals surface area contributed by atoms with Crippen LogP contribution in [-0.4, -0.2) is 186 Å². The number of methoxy groups -OCH3 is 3. The molecule has 0 fully saturated rings. The van der Waals surface area contributed by atoms with Crippen LogP contribution in [0.5, 0.6) is 17.2 Å². The maximum Gasteiger partial charge on any atom is 0.203 e. The van der Waals surface area contributed by atoms with Crippen molar-refractivity contribution in [2.45, 2.75) is 0 Å². The number of aldehydes is 1. The van der Waals surface area contributed by atoms with E-state index in [1.807, 2.05) is 0 Å². The molecule has 0 bridgehead atoms. The summed E-state index contributed by atoms with van der Waals surface area (Å²) in [7, 11) is 4.88. The minimum atomic E-state index is 0.208. The predicted octanol–water partition coefficient (Wildman–Crippen LogP) is 1.72. The fraction of sp³-hybridized carbons (Fsp3) is 0.794. The SMILES string of the molecule is COCCOCCOCCOCCOc1cc(C=O)cc(OCCOCCOCCOCCOC)c1OCCOCCOCCOCCOC. The van der Waals surface area contributed by atoms with Crippen LogP contribution in [0, 0.1) is 0 Å². The fourth-order valence-corrected chi connectivity index (χ4v) is 3.70. The molecule has 0 N–H and O–H groups in total. The number of ether oxygens (including phenoxy) is 15. The van der Waals surface area contributed by atoms with E-state index in [1.54, 1.807) is 33.5 Å². The van der Waals surface area contributed by atoms with Crippen LogP contribution in [0.25, 0.3) is 0 Å². The summed E-state index contributed by atoms with van der Waals surface area (Å²) in [6, 6.07) is 3.19. The predicted molar refractivity (Wildman–Crippen MR) is 181 cm³/mol. The Labute approximate surface area is 297 Å². The van der Waals surface area contributed by atoms with Gasteiger partial charge in [-0.1, -0.05) is 0 Å². The van der Waals surface area contributed by atoms with Gasteiger partial charge in [-0.3, -0.25) is 4.79 Å². The number of carbonyl (C=O) groups is 1. The van der Waals surface area contributed by atoms with E-state index >= 15 is 0 Å². The molecular formula is C34H60O16. The second kappa shape index (κ2) is 36.6.